The number of fused-ring (bicyclic) bond motifs is 1. The van der Waals surface area contributed by atoms with Crippen LogP contribution in [0.5, 0.6) is 5.75 Å². The van der Waals surface area contributed by atoms with Gasteiger partial charge in [-0.3, -0.25) is 9.59 Å². The van der Waals surface area contributed by atoms with E-state index >= 15 is 4.39 Å². The molecule has 9 nitrogen and oxygen atoms in total. The van der Waals surface area contributed by atoms with Crippen molar-refractivity contribution in [1.82, 2.24) is 25.0 Å². The molecule has 3 aromatic carbocycles. The fourth-order valence-corrected chi connectivity index (χ4v) is 6.15. The Bertz CT molecular complexity index is 2090. The largest absolute Gasteiger partial charge is 0.497 e. The monoisotopic (exact) mass is 672 g/mol. The first-order valence-electron chi connectivity index (χ1n) is 16.7. The molecule has 1 saturated heterocycles. The van der Waals surface area contributed by atoms with Crippen LogP contribution in [0.2, 0.25) is 0 Å². The lowest BCUT2D eigenvalue weighted by molar-refractivity contribution is -0.124. The van der Waals surface area contributed by atoms with E-state index in [1.165, 1.54) is 6.07 Å². The Morgan fingerprint density at radius 3 is 2.48 bits per heavy atom. The maximum atomic E-state index is 15.7. The van der Waals surface area contributed by atoms with E-state index in [9.17, 15) is 9.59 Å². The van der Waals surface area contributed by atoms with E-state index < -0.39 is 5.82 Å². The van der Waals surface area contributed by atoms with E-state index in [1.807, 2.05) is 53.2 Å². The van der Waals surface area contributed by atoms with E-state index in [4.69, 9.17) is 14.8 Å². The van der Waals surface area contributed by atoms with Crippen LogP contribution in [-0.2, 0) is 23.3 Å². The standard InChI is InChI=1S/C40H41FN6O3/c1-6-7-35(48)46-21-19-31(25-46)44-37-36-33(18-20-42-38(36)47(45-37)24-26-8-16-32(50-5)17-9-26)28-10-11-29(34(41)22-28)23-43-39(49)27-12-14-30(15-13-27)40(2,3)4/h8-18,20,22,31H,19,21,23-25H2,1-5H3,(H,43,49)(H,44,45). The Morgan fingerprint density at radius 1 is 1.04 bits per heavy atom. The maximum absolute atomic E-state index is 15.7. The van der Waals surface area contributed by atoms with E-state index in [2.05, 4.69) is 43.2 Å². The molecule has 1 fully saturated rings. The average Bonchev–Trinajstić information content (AvgIpc) is 3.72. The van der Waals surface area contributed by atoms with Crippen molar-refractivity contribution in [3.8, 4) is 28.7 Å². The van der Waals surface area contributed by atoms with E-state index in [0.717, 1.165) is 34.2 Å². The third-order valence-corrected chi connectivity index (χ3v) is 8.99. The van der Waals surface area contributed by atoms with Gasteiger partial charge in [0.15, 0.2) is 11.5 Å². The van der Waals surface area contributed by atoms with Crippen LogP contribution in [-0.4, -0.2) is 57.7 Å². The first-order valence-corrected chi connectivity index (χ1v) is 16.7. The van der Waals surface area contributed by atoms with Crippen molar-refractivity contribution in [2.75, 3.05) is 25.5 Å². The molecule has 1 aliphatic rings. The highest BCUT2D eigenvalue weighted by Gasteiger charge is 2.28. The Labute approximate surface area is 291 Å². The van der Waals surface area contributed by atoms with Crippen LogP contribution in [0.3, 0.4) is 0 Å². The van der Waals surface area contributed by atoms with Crippen LogP contribution >= 0.6 is 0 Å². The number of halogens is 1. The minimum atomic E-state index is -0.432. The molecule has 0 radical (unpaired) electrons. The Morgan fingerprint density at radius 2 is 1.80 bits per heavy atom. The van der Waals surface area contributed by atoms with Crippen molar-refractivity contribution < 1.29 is 18.7 Å². The number of benzene rings is 3. The van der Waals surface area contributed by atoms with Gasteiger partial charge in [0.1, 0.15) is 11.6 Å². The number of ether oxygens (including phenoxy) is 1. The summed E-state index contributed by atoms with van der Waals surface area (Å²) >= 11 is 0. The van der Waals surface area contributed by atoms with Crippen LogP contribution < -0.4 is 15.4 Å². The van der Waals surface area contributed by atoms with Gasteiger partial charge >= 0.3 is 0 Å². The molecule has 2 N–H and O–H groups in total. The smallest absolute Gasteiger partial charge is 0.298 e. The third-order valence-electron chi connectivity index (χ3n) is 8.99. The number of nitrogens with one attached hydrogen (secondary N) is 2. The second-order valence-electron chi connectivity index (χ2n) is 13.5. The SMILES string of the molecule is CC#CC(=O)N1CCC(Nc2nn(Cc3ccc(OC)cc3)c3nccc(-c4ccc(CNC(=O)c5ccc(C(C)(C)C)cc5)c(F)c4)c23)C1. The molecule has 0 aliphatic carbocycles. The Hall–Kier alpha value is -5.69. The number of anilines is 1. The summed E-state index contributed by atoms with van der Waals surface area (Å²) in [5.41, 5.74) is 5.06. The van der Waals surface area contributed by atoms with Gasteiger partial charge in [-0.2, -0.15) is 5.10 Å². The first-order chi connectivity index (χ1) is 24.0. The van der Waals surface area contributed by atoms with E-state index in [-0.39, 0.29) is 29.8 Å². The van der Waals surface area contributed by atoms with Crippen molar-refractivity contribution >= 4 is 28.7 Å². The molecule has 2 amide bonds. The van der Waals surface area contributed by atoms with Gasteiger partial charge < -0.3 is 20.3 Å². The van der Waals surface area contributed by atoms with Crippen LogP contribution in [0.15, 0.2) is 79.0 Å². The predicted molar refractivity (Wildman–Crippen MR) is 193 cm³/mol. The highest BCUT2D eigenvalue weighted by atomic mass is 19.1. The van der Waals surface area contributed by atoms with E-state index in [0.29, 0.717) is 47.8 Å². The Balaban J connectivity index is 1.28. The molecule has 5 aromatic rings. The highest BCUT2D eigenvalue weighted by molar-refractivity contribution is 6.01. The van der Waals surface area contributed by atoms with Gasteiger partial charge in [0, 0.05) is 43.0 Å². The number of carbonyl (C=O) groups excluding carboxylic acids is 2. The van der Waals surface area contributed by atoms with Gasteiger partial charge in [-0.05, 0) is 83.3 Å². The number of hydrogen-bond donors (Lipinski definition) is 2. The fourth-order valence-electron chi connectivity index (χ4n) is 6.15. The summed E-state index contributed by atoms with van der Waals surface area (Å²) < 4.78 is 22.8. The molecule has 0 bridgehead atoms. The predicted octanol–water partition coefficient (Wildman–Crippen LogP) is 6.56. The minimum absolute atomic E-state index is 0.0195. The zero-order valence-electron chi connectivity index (χ0n) is 29.0. The number of aromatic nitrogens is 3. The molecular formula is C40H41FN6O3. The minimum Gasteiger partial charge on any atom is -0.497 e. The number of pyridine rings is 1. The molecular weight excluding hydrogens is 631 g/mol. The summed E-state index contributed by atoms with van der Waals surface area (Å²) in [5.74, 6) is 5.78. The summed E-state index contributed by atoms with van der Waals surface area (Å²) in [6.07, 6.45) is 2.43. The second kappa shape index (κ2) is 14.4. The zero-order valence-corrected chi connectivity index (χ0v) is 29.0. The van der Waals surface area contributed by atoms with Crippen molar-refractivity contribution in [1.29, 1.82) is 0 Å². The van der Waals surface area contributed by atoms with Crippen molar-refractivity contribution in [3.63, 3.8) is 0 Å². The zero-order chi connectivity index (χ0) is 35.4. The molecule has 10 heteroatoms. The van der Waals surface area contributed by atoms with Gasteiger partial charge in [-0.1, -0.05) is 63.1 Å². The molecule has 0 spiro atoms. The summed E-state index contributed by atoms with van der Waals surface area (Å²) in [4.78, 5) is 31.7. The van der Waals surface area contributed by atoms with E-state index in [1.54, 1.807) is 43.3 Å². The van der Waals surface area contributed by atoms with Crippen LogP contribution in [0, 0.1) is 17.7 Å². The fraction of sp³-hybridized carbons (Fsp3) is 0.300. The van der Waals surface area contributed by atoms with Gasteiger partial charge in [0.2, 0.25) is 0 Å². The first kappa shape index (κ1) is 34.2. The summed E-state index contributed by atoms with van der Waals surface area (Å²) in [6.45, 7) is 9.59. The molecule has 1 unspecified atom stereocenters. The number of rotatable bonds is 9. The molecule has 50 heavy (non-hydrogen) atoms. The van der Waals surface area contributed by atoms with Gasteiger partial charge in [-0.15, -0.1) is 0 Å². The van der Waals surface area contributed by atoms with Gasteiger partial charge in [-0.25, -0.2) is 14.1 Å². The molecule has 6 rings (SSSR count). The second-order valence-corrected chi connectivity index (χ2v) is 13.5. The number of hydrogen-bond acceptors (Lipinski definition) is 6. The lowest BCUT2D eigenvalue weighted by Crippen LogP contribution is -2.30. The van der Waals surface area contributed by atoms with Crippen molar-refractivity contribution in [3.05, 3.63) is 107 Å². The summed E-state index contributed by atoms with van der Waals surface area (Å²) in [5, 5.41) is 12.1. The lowest BCUT2D eigenvalue weighted by Gasteiger charge is -2.19. The van der Waals surface area contributed by atoms with Gasteiger partial charge in [0.25, 0.3) is 11.8 Å². The van der Waals surface area contributed by atoms with Crippen LogP contribution in [0.4, 0.5) is 10.2 Å². The number of likely N-dealkylation sites (tertiary alicyclic amines) is 1. The number of carbonyl (C=O) groups is 2. The maximum Gasteiger partial charge on any atom is 0.298 e. The van der Waals surface area contributed by atoms with Crippen LogP contribution in [0.25, 0.3) is 22.2 Å². The molecule has 3 heterocycles. The Kier molecular flexibility index (Phi) is 9.86. The summed E-state index contributed by atoms with van der Waals surface area (Å²) in [6, 6.07) is 22.1. The molecule has 1 aliphatic heterocycles. The quantitative estimate of drug-likeness (QED) is 0.172. The highest BCUT2D eigenvalue weighted by Crippen LogP contribution is 2.35. The molecule has 2 aromatic heterocycles. The van der Waals surface area contributed by atoms with Crippen molar-refractivity contribution in [2.45, 2.75) is 58.7 Å². The van der Waals surface area contributed by atoms with Crippen molar-refractivity contribution in [2.24, 2.45) is 0 Å². The number of amides is 2. The molecule has 256 valence electrons. The normalized spacial score (nSPS) is 14.3. The van der Waals surface area contributed by atoms with Gasteiger partial charge in [0.05, 0.1) is 19.0 Å². The number of nitrogens with zero attached hydrogens (tertiary/aromatic N) is 4. The topological polar surface area (TPSA) is 101 Å². The molecule has 0 saturated carbocycles. The summed E-state index contributed by atoms with van der Waals surface area (Å²) in [7, 11) is 1.63. The lowest BCUT2D eigenvalue weighted by atomic mass is 9.87. The van der Waals surface area contributed by atoms with Crippen LogP contribution in [0.1, 0.15) is 61.2 Å². The molecule has 1 atom stereocenters. The average molecular weight is 673 g/mol. The third kappa shape index (κ3) is 7.47. The number of methoxy groups -OCH3 is 1.